The SMILES string of the molecule is CCCCCCCCCCCCCCCCCCCCCCCCCCCCCCCC(=O)O[C@H](COCCCCCCCCCCCCCCCC)COP(=O)(O)OC[C@H](N)C(=O)O. The Kier molecular flexibility index (Phi) is 50.0. The molecule has 0 bridgehead atoms. The third-order valence-corrected chi connectivity index (χ3v) is 13.8. The van der Waals surface area contributed by atoms with Gasteiger partial charge in [0.1, 0.15) is 12.1 Å². The molecule has 0 fully saturated rings. The molecular weight excluding hydrogens is 838 g/mol. The lowest BCUT2D eigenvalue weighted by molar-refractivity contribution is -0.154. The second-order valence-electron chi connectivity index (χ2n) is 19.4. The van der Waals surface area contributed by atoms with Crippen molar-refractivity contribution in [3.63, 3.8) is 0 Å². The molecule has 0 aromatic rings. The highest BCUT2D eigenvalue weighted by Crippen LogP contribution is 2.43. The minimum atomic E-state index is -4.61. The quantitative estimate of drug-likeness (QED) is 0.0305. The Bertz CT molecular complexity index is 1050. The predicted octanol–water partition coefficient (Wildman–Crippen LogP) is 16.7. The molecule has 0 amide bonds. The van der Waals surface area contributed by atoms with Crippen LogP contribution in [0.4, 0.5) is 0 Å². The van der Waals surface area contributed by atoms with Crippen LogP contribution in [0, 0.1) is 0 Å². The van der Waals surface area contributed by atoms with E-state index >= 15 is 0 Å². The van der Waals surface area contributed by atoms with Gasteiger partial charge in [0.25, 0.3) is 0 Å². The van der Waals surface area contributed by atoms with E-state index in [-0.39, 0.29) is 13.0 Å². The standard InChI is InChI=1S/C54H108NO9P/c1-3-5-7-9-11-13-15-17-19-20-21-22-23-24-25-26-27-28-29-30-31-32-33-34-36-38-40-42-44-46-53(56)64-51(49-62-65(59,60)63-50-52(55)54(57)58)48-61-47-45-43-41-39-37-35-18-16-14-12-10-8-6-4-2/h51-52H,3-50,55H2,1-2H3,(H,57,58)(H,59,60)/t51-,52+/m1/s1. The number of ether oxygens (including phenoxy) is 2. The second-order valence-corrected chi connectivity index (χ2v) is 20.9. The maximum atomic E-state index is 12.7. The zero-order valence-electron chi connectivity index (χ0n) is 42.9. The Labute approximate surface area is 401 Å². The van der Waals surface area contributed by atoms with E-state index in [4.69, 9.17) is 29.4 Å². The average molecular weight is 946 g/mol. The number of aliphatic carboxylic acids is 1. The van der Waals surface area contributed by atoms with Crippen LogP contribution in [0.3, 0.4) is 0 Å². The van der Waals surface area contributed by atoms with Crippen molar-refractivity contribution in [2.45, 2.75) is 309 Å². The molecule has 0 aliphatic rings. The molecule has 0 spiro atoms. The first kappa shape index (κ1) is 64.0. The minimum absolute atomic E-state index is 0.0262. The number of hydrogen-bond acceptors (Lipinski definition) is 8. The number of carbonyl (C=O) groups excluding carboxylic acids is 1. The lowest BCUT2D eigenvalue weighted by atomic mass is 10.0. The summed E-state index contributed by atoms with van der Waals surface area (Å²) in [6.07, 6.45) is 56.1. The summed E-state index contributed by atoms with van der Waals surface area (Å²) in [5.41, 5.74) is 5.38. The molecule has 10 nitrogen and oxygen atoms in total. The number of phosphoric ester groups is 1. The van der Waals surface area contributed by atoms with E-state index in [1.54, 1.807) is 0 Å². The fourth-order valence-corrected chi connectivity index (χ4v) is 9.33. The maximum Gasteiger partial charge on any atom is 0.472 e. The van der Waals surface area contributed by atoms with Crippen molar-refractivity contribution in [1.29, 1.82) is 0 Å². The smallest absolute Gasteiger partial charge is 0.472 e. The Morgan fingerprint density at radius 1 is 0.431 bits per heavy atom. The molecule has 65 heavy (non-hydrogen) atoms. The average Bonchev–Trinajstić information content (AvgIpc) is 3.29. The van der Waals surface area contributed by atoms with E-state index in [0.717, 1.165) is 38.5 Å². The number of carbonyl (C=O) groups is 2. The summed E-state index contributed by atoms with van der Waals surface area (Å²) in [5, 5.41) is 8.93. The second kappa shape index (κ2) is 50.8. The number of nitrogens with two attached hydrogens (primary N) is 1. The van der Waals surface area contributed by atoms with Crippen molar-refractivity contribution < 1.29 is 42.7 Å². The van der Waals surface area contributed by atoms with Crippen LogP contribution in [-0.4, -0.2) is 60.5 Å². The highest BCUT2D eigenvalue weighted by atomic mass is 31.2. The monoisotopic (exact) mass is 946 g/mol. The van der Waals surface area contributed by atoms with Gasteiger partial charge in [0.15, 0.2) is 0 Å². The number of unbranched alkanes of at least 4 members (excludes halogenated alkanes) is 41. The van der Waals surface area contributed by atoms with Crippen molar-refractivity contribution in [3.8, 4) is 0 Å². The van der Waals surface area contributed by atoms with E-state index in [0.29, 0.717) is 6.61 Å². The van der Waals surface area contributed by atoms with Crippen molar-refractivity contribution in [2.24, 2.45) is 5.73 Å². The van der Waals surface area contributed by atoms with Gasteiger partial charge in [-0.1, -0.05) is 277 Å². The van der Waals surface area contributed by atoms with Crippen molar-refractivity contribution in [1.82, 2.24) is 0 Å². The van der Waals surface area contributed by atoms with E-state index < -0.39 is 45.1 Å². The van der Waals surface area contributed by atoms with Gasteiger partial charge in [-0.25, -0.2) is 4.57 Å². The van der Waals surface area contributed by atoms with Gasteiger partial charge in [-0.3, -0.25) is 18.6 Å². The third kappa shape index (κ3) is 50.7. The summed E-state index contributed by atoms with van der Waals surface area (Å²) in [7, 11) is -4.61. The molecule has 0 aliphatic carbocycles. The molecule has 388 valence electrons. The number of hydrogen-bond donors (Lipinski definition) is 3. The number of carboxylic acids is 1. The zero-order chi connectivity index (χ0) is 47.6. The third-order valence-electron chi connectivity index (χ3n) is 12.9. The van der Waals surface area contributed by atoms with E-state index in [1.807, 2.05) is 0 Å². The van der Waals surface area contributed by atoms with E-state index in [9.17, 15) is 19.0 Å². The maximum absolute atomic E-state index is 12.7. The molecule has 1 unspecified atom stereocenters. The fraction of sp³-hybridized carbons (Fsp3) is 0.963. The number of rotatable bonds is 55. The number of esters is 1. The number of carboxylic acid groups (broad SMARTS) is 1. The van der Waals surface area contributed by atoms with Gasteiger partial charge in [-0.15, -0.1) is 0 Å². The van der Waals surface area contributed by atoms with Gasteiger partial charge in [0.05, 0.1) is 19.8 Å². The summed E-state index contributed by atoms with van der Waals surface area (Å²) in [6.45, 7) is 3.96. The first-order valence-corrected chi connectivity index (χ1v) is 29.6. The summed E-state index contributed by atoms with van der Waals surface area (Å²) in [6, 6.07) is -1.47. The Morgan fingerprint density at radius 2 is 0.708 bits per heavy atom. The molecule has 0 saturated carbocycles. The van der Waals surface area contributed by atoms with Gasteiger partial charge in [0.2, 0.25) is 0 Å². The van der Waals surface area contributed by atoms with Crippen LogP contribution in [0.1, 0.15) is 296 Å². The van der Waals surface area contributed by atoms with Gasteiger partial charge in [-0.2, -0.15) is 0 Å². The lowest BCUT2D eigenvalue weighted by Crippen LogP contribution is -2.34. The molecule has 0 saturated heterocycles. The zero-order valence-corrected chi connectivity index (χ0v) is 43.8. The van der Waals surface area contributed by atoms with Crippen LogP contribution >= 0.6 is 7.82 Å². The molecule has 0 rings (SSSR count). The Morgan fingerprint density at radius 3 is 1.02 bits per heavy atom. The summed E-state index contributed by atoms with van der Waals surface area (Å²) >= 11 is 0. The van der Waals surface area contributed by atoms with Crippen LogP contribution in [0.2, 0.25) is 0 Å². The first-order valence-electron chi connectivity index (χ1n) is 28.1. The molecular formula is C54H108NO9P. The molecule has 0 radical (unpaired) electrons. The molecule has 4 N–H and O–H groups in total. The molecule has 11 heteroatoms. The van der Waals surface area contributed by atoms with E-state index in [1.165, 1.54) is 238 Å². The molecule has 0 aromatic heterocycles. The number of phosphoric acid groups is 1. The van der Waals surface area contributed by atoms with Crippen molar-refractivity contribution in [2.75, 3.05) is 26.4 Å². The van der Waals surface area contributed by atoms with Gasteiger partial charge < -0.3 is 25.2 Å². The summed E-state index contributed by atoms with van der Waals surface area (Å²) in [5.74, 6) is -1.76. The minimum Gasteiger partial charge on any atom is -0.480 e. The van der Waals surface area contributed by atoms with Gasteiger partial charge in [0, 0.05) is 13.0 Å². The van der Waals surface area contributed by atoms with Crippen molar-refractivity contribution in [3.05, 3.63) is 0 Å². The molecule has 0 aliphatic heterocycles. The molecule has 0 aromatic carbocycles. The highest BCUT2D eigenvalue weighted by Gasteiger charge is 2.27. The first-order chi connectivity index (χ1) is 31.7. The normalized spacial score (nSPS) is 13.5. The summed E-state index contributed by atoms with van der Waals surface area (Å²) < 4.78 is 33.5. The van der Waals surface area contributed by atoms with Crippen LogP contribution in [-0.2, 0) is 32.7 Å². The predicted molar refractivity (Wildman–Crippen MR) is 273 cm³/mol. The van der Waals surface area contributed by atoms with Crippen LogP contribution in [0.25, 0.3) is 0 Å². The molecule has 0 heterocycles. The highest BCUT2D eigenvalue weighted by molar-refractivity contribution is 7.47. The molecule has 3 atom stereocenters. The van der Waals surface area contributed by atoms with Crippen LogP contribution < -0.4 is 5.73 Å². The Balaban J connectivity index is 3.92. The van der Waals surface area contributed by atoms with Gasteiger partial charge in [-0.05, 0) is 12.8 Å². The topological polar surface area (TPSA) is 155 Å². The van der Waals surface area contributed by atoms with Crippen LogP contribution in [0.15, 0.2) is 0 Å². The van der Waals surface area contributed by atoms with E-state index in [2.05, 4.69) is 13.8 Å². The van der Waals surface area contributed by atoms with Gasteiger partial charge >= 0.3 is 19.8 Å². The lowest BCUT2D eigenvalue weighted by Gasteiger charge is -2.20. The summed E-state index contributed by atoms with van der Waals surface area (Å²) in [4.78, 5) is 33.7. The largest absolute Gasteiger partial charge is 0.480 e. The Hall–Kier alpha value is -1.03. The van der Waals surface area contributed by atoms with Crippen LogP contribution in [0.5, 0.6) is 0 Å². The van der Waals surface area contributed by atoms with Crippen molar-refractivity contribution >= 4 is 19.8 Å². The fourth-order valence-electron chi connectivity index (χ4n) is 8.55.